The maximum atomic E-state index is 13.1. The number of hydrogen-bond acceptors (Lipinski definition) is 5. The summed E-state index contributed by atoms with van der Waals surface area (Å²) in [6.07, 6.45) is 3.40. The Morgan fingerprint density at radius 1 is 1.21 bits per heavy atom. The van der Waals surface area contributed by atoms with Gasteiger partial charge in [-0.1, -0.05) is 41.7 Å². The lowest BCUT2D eigenvalue weighted by molar-refractivity contribution is 0.0728. The van der Waals surface area contributed by atoms with Gasteiger partial charge in [-0.05, 0) is 26.2 Å². The van der Waals surface area contributed by atoms with Crippen LogP contribution < -0.4 is 5.32 Å². The maximum absolute atomic E-state index is 13.1. The van der Waals surface area contributed by atoms with E-state index in [-0.39, 0.29) is 5.91 Å². The first-order chi connectivity index (χ1) is 13.7. The number of hydrogen-bond donors (Lipinski definition) is 1. The average Bonchev–Trinajstić information content (AvgIpc) is 3.26. The van der Waals surface area contributed by atoms with E-state index in [0.717, 1.165) is 58.5 Å². The molecule has 1 saturated heterocycles. The number of fused-ring (bicyclic) bond motifs is 1. The number of carbonyl (C=O) groups is 1. The molecule has 1 aliphatic heterocycles. The van der Waals surface area contributed by atoms with Gasteiger partial charge in [-0.2, -0.15) is 0 Å². The number of aromatic nitrogens is 2. The van der Waals surface area contributed by atoms with E-state index in [2.05, 4.69) is 21.9 Å². The van der Waals surface area contributed by atoms with Crippen LogP contribution in [0, 0.1) is 6.92 Å². The third-order valence-corrected chi connectivity index (χ3v) is 6.32. The maximum Gasteiger partial charge on any atom is 0.265 e. The van der Waals surface area contributed by atoms with E-state index in [1.165, 1.54) is 17.8 Å². The summed E-state index contributed by atoms with van der Waals surface area (Å²) in [5.74, 6) is 1.06. The van der Waals surface area contributed by atoms with Gasteiger partial charge >= 0.3 is 0 Å². The Hall–Kier alpha value is -2.38. The molecule has 1 amide bonds. The zero-order valence-electron chi connectivity index (χ0n) is 16.4. The normalized spacial score (nSPS) is 14.6. The topological polar surface area (TPSA) is 58.9 Å². The molecule has 1 aromatic carbocycles. The molecule has 0 saturated carbocycles. The summed E-state index contributed by atoms with van der Waals surface area (Å²) in [6, 6.07) is 10.1. The molecular weight excluding hydrogens is 372 g/mol. The molecule has 7 heteroatoms. The summed E-state index contributed by atoms with van der Waals surface area (Å²) in [4.78, 5) is 21.6. The number of imidazole rings is 1. The summed E-state index contributed by atoms with van der Waals surface area (Å²) < 4.78 is 7.28. The minimum Gasteiger partial charge on any atom is -0.383 e. The molecule has 4 rings (SSSR count). The molecule has 148 valence electrons. The van der Waals surface area contributed by atoms with Gasteiger partial charge in [0, 0.05) is 38.0 Å². The molecule has 0 unspecified atom stereocenters. The Labute approximate surface area is 169 Å². The fourth-order valence-corrected chi connectivity index (χ4v) is 4.81. The van der Waals surface area contributed by atoms with Crippen molar-refractivity contribution in [3.63, 3.8) is 0 Å². The molecular formula is C21H26N4O2S. The molecule has 6 nitrogen and oxygen atoms in total. The van der Waals surface area contributed by atoms with Gasteiger partial charge in [0.15, 0.2) is 4.96 Å². The van der Waals surface area contributed by atoms with Crippen LogP contribution in [0.2, 0.25) is 0 Å². The van der Waals surface area contributed by atoms with E-state index in [1.807, 2.05) is 30.0 Å². The number of aryl methyl sites for hydroxylation is 1. The van der Waals surface area contributed by atoms with Crippen molar-refractivity contribution in [3.8, 4) is 11.3 Å². The van der Waals surface area contributed by atoms with Crippen molar-refractivity contribution < 1.29 is 9.53 Å². The molecule has 28 heavy (non-hydrogen) atoms. The lowest BCUT2D eigenvalue weighted by atomic mass is 10.1. The highest BCUT2D eigenvalue weighted by Gasteiger charge is 2.26. The fraction of sp³-hybridized carbons (Fsp3) is 0.429. The number of ether oxygens (including phenoxy) is 1. The number of likely N-dealkylation sites (tertiary alicyclic amines) is 1. The second-order valence-electron chi connectivity index (χ2n) is 7.08. The molecule has 0 atom stereocenters. The molecule has 1 aliphatic rings. The zero-order valence-corrected chi connectivity index (χ0v) is 17.2. The standard InChI is InChI=1S/C21H26N4O2S/c1-15-18(20(26)24-12-7-4-8-13-24)28-21-23-17(16-9-5-3-6-10-16)19(25(15)21)22-11-14-27-2/h3,5-6,9-10,22H,4,7-8,11-14H2,1-2H3. The largest absolute Gasteiger partial charge is 0.383 e. The number of rotatable bonds is 6. The third-order valence-electron chi connectivity index (χ3n) is 5.19. The van der Waals surface area contributed by atoms with Crippen LogP contribution in [0.5, 0.6) is 0 Å². The Kier molecular flexibility index (Phi) is 5.64. The van der Waals surface area contributed by atoms with E-state index in [1.54, 1.807) is 7.11 Å². The highest BCUT2D eigenvalue weighted by molar-refractivity contribution is 7.19. The molecule has 0 bridgehead atoms. The minimum absolute atomic E-state index is 0.136. The first-order valence-corrected chi connectivity index (χ1v) is 10.6. The van der Waals surface area contributed by atoms with Crippen molar-refractivity contribution in [2.45, 2.75) is 26.2 Å². The van der Waals surface area contributed by atoms with Gasteiger partial charge < -0.3 is 15.0 Å². The number of amides is 1. The van der Waals surface area contributed by atoms with E-state index in [9.17, 15) is 4.79 Å². The van der Waals surface area contributed by atoms with Crippen LogP contribution in [0.4, 0.5) is 5.82 Å². The predicted octanol–water partition coefficient (Wildman–Crippen LogP) is 4.06. The van der Waals surface area contributed by atoms with Crippen LogP contribution in [0.3, 0.4) is 0 Å². The van der Waals surface area contributed by atoms with Crippen LogP contribution in [0.15, 0.2) is 30.3 Å². The number of piperidine rings is 1. The van der Waals surface area contributed by atoms with Crippen LogP contribution in [-0.2, 0) is 4.74 Å². The van der Waals surface area contributed by atoms with E-state index in [4.69, 9.17) is 9.72 Å². The second kappa shape index (κ2) is 8.32. The van der Waals surface area contributed by atoms with Gasteiger partial charge in [0.1, 0.15) is 16.4 Å². The summed E-state index contributed by atoms with van der Waals surface area (Å²) in [6.45, 7) is 5.00. The number of anilines is 1. The molecule has 0 aliphatic carbocycles. The van der Waals surface area contributed by atoms with Gasteiger partial charge in [-0.25, -0.2) is 4.98 Å². The van der Waals surface area contributed by atoms with Gasteiger partial charge in [0.2, 0.25) is 0 Å². The average molecular weight is 399 g/mol. The molecule has 0 radical (unpaired) electrons. The smallest absolute Gasteiger partial charge is 0.265 e. The van der Waals surface area contributed by atoms with Crippen molar-refractivity contribution in [3.05, 3.63) is 40.9 Å². The zero-order chi connectivity index (χ0) is 19.5. The van der Waals surface area contributed by atoms with E-state index < -0.39 is 0 Å². The molecule has 1 N–H and O–H groups in total. The van der Waals surface area contributed by atoms with Crippen molar-refractivity contribution in [2.24, 2.45) is 0 Å². The highest BCUT2D eigenvalue weighted by Crippen LogP contribution is 2.35. The number of thiazole rings is 1. The Morgan fingerprint density at radius 2 is 1.96 bits per heavy atom. The van der Waals surface area contributed by atoms with Crippen molar-refractivity contribution >= 4 is 28.0 Å². The Morgan fingerprint density at radius 3 is 2.68 bits per heavy atom. The molecule has 2 aromatic heterocycles. The van der Waals surface area contributed by atoms with Gasteiger partial charge in [-0.3, -0.25) is 9.20 Å². The quantitative estimate of drug-likeness (QED) is 0.636. The van der Waals surface area contributed by atoms with Crippen LogP contribution in [0.1, 0.15) is 34.6 Å². The van der Waals surface area contributed by atoms with Crippen LogP contribution in [-0.4, -0.2) is 53.5 Å². The lowest BCUT2D eigenvalue weighted by Gasteiger charge is -2.26. The first kappa shape index (κ1) is 19.0. The third kappa shape index (κ3) is 3.52. The molecule has 1 fully saturated rings. The van der Waals surface area contributed by atoms with Crippen molar-refractivity contribution in [1.82, 2.24) is 14.3 Å². The molecule has 0 spiro atoms. The predicted molar refractivity (Wildman–Crippen MR) is 113 cm³/mol. The summed E-state index contributed by atoms with van der Waals surface area (Å²) in [7, 11) is 1.69. The highest BCUT2D eigenvalue weighted by atomic mass is 32.1. The van der Waals surface area contributed by atoms with Crippen LogP contribution >= 0.6 is 11.3 Å². The minimum atomic E-state index is 0.136. The fourth-order valence-electron chi connectivity index (χ4n) is 3.72. The van der Waals surface area contributed by atoms with Crippen LogP contribution in [0.25, 0.3) is 16.2 Å². The monoisotopic (exact) mass is 398 g/mol. The van der Waals surface area contributed by atoms with Gasteiger partial charge in [0.05, 0.1) is 6.61 Å². The summed E-state index contributed by atoms with van der Waals surface area (Å²) in [5, 5.41) is 3.47. The first-order valence-electron chi connectivity index (χ1n) is 9.80. The summed E-state index contributed by atoms with van der Waals surface area (Å²) >= 11 is 1.48. The number of nitrogens with one attached hydrogen (secondary N) is 1. The number of carbonyl (C=O) groups excluding carboxylic acids is 1. The van der Waals surface area contributed by atoms with Crippen molar-refractivity contribution in [1.29, 1.82) is 0 Å². The lowest BCUT2D eigenvalue weighted by Crippen LogP contribution is -2.35. The molecule has 3 aromatic rings. The van der Waals surface area contributed by atoms with Crippen molar-refractivity contribution in [2.75, 3.05) is 38.7 Å². The second-order valence-corrected chi connectivity index (χ2v) is 8.06. The molecule has 3 heterocycles. The summed E-state index contributed by atoms with van der Waals surface area (Å²) in [5.41, 5.74) is 2.91. The van der Waals surface area contributed by atoms with Gasteiger partial charge in [0.25, 0.3) is 5.91 Å². The number of nitrogens with zero attached hydrogens (tertiary/aromatic N) is 3. The van der Waals surface area contributed by atoms with E-state index >= 15 is 0 Å². The Balaban J connectivity index is 1.75. The number of benzene rings is 1. The number of methoxy groups -OCH3 is 1. The Bertz CT molecular complexity index is 958. The SMILES string of the molecule is COCCNc1c(-c2ccccc2)nc2sc(C(=O)N3CCCCC3)c(C)n12. The van der Waals surface area contributed by atoms with Gasteiger partial charge in [-0.15, -0.1) is 0 Å². The van der Waals surface area contributed by atoms with E-state index in [0.29, 0.717) is 13.2 Å².